The van der Waals surface area contributed by atoms with Gasteiger partial charge in [-0.15, -0.1) is 0 Å². The number of rotatable bonds is 5. The van der Waals surface area contributed by atoms with Gasteiger partial charge >= 0.3 is 5.97 Å². The second kappa shape index (κ2) is 6.68. The molecule has 0 fully saturated rings. The van der Waals surface area contributed by atoms with E-state index in [1.165, 1.54) is 6.92 Å². The maximum atomic E-state index is 11.0. The van der Waals surface area contributed by atoms with Crippen LogP contribution in [-0.2, 0) is 16.0 Å². The minimum Gasteiger partial charge on any atom is -0.427 e. The first kappa shape index (κ1) is 13.2. The van der Waals surface area contributed by atoms with Gasteiger partial charge in [-0.2, -0.15) is 0 Å². The molecule has 1 N–H and O–H groups in total. The number of ether oxygens (including phenoxy) is 1. The molecular formula is C13H17NO3. The molecule has 1 rings (SSSR count). The Hall–Kier alpha value is -1.84. The summed E-state index contributed by atoms with van der Waals surface area (Å²) in [5.74, 6) is 0.287. The highest BCUT2D eigenvalue weighted by atomic mass is 16.5. The van der Waals surface area contributed by atoms with Crippen molar-refractivity contribution in [3.8, 4) is 5.75 Å². The SMILES string of the molecule is CCC(=O)Oc1ccc(CCNC(C)=O)cc1. The van der Waals surface area contributed by atoms with E-state index < -0.39 is 0 Å². The number of carbonyl (C=O) groups excluding carboxylic acids is 2. The van der Waals surface area contributed by atoms with Crippen molar-refractivity contribution < 1.29 is 14.3 Å². The lowest BCUT2D eigenvalue weighted by Crippen LogP contribution is -2.22. The van der Waals surface area contributed by atoms with Crippen LogP contribution in [0, 0.1) is 0 Å². The van der Waals surface area contributed by atoms with Crippen LogP contribution in [0.4, 0.5) is 0 Å². The van der Waals surface area contributed by atoms with Crippen LogP contribution >= 0.6 is 0 Å². The number of hydrogen-bond acceptors (Lipinski definition) is 3. The fraction of sp³-hybridized carbons (Fsp3) is 0.385. The minimum atomic E-state index is -0.240. The van der Waals surface area contributed by atoms with Crippen LogP contribution in [0.15, 0.2) is 24.3 Å². The Morgan fingerprint density at radius 3 is 2.41 bits per heavy atom. The number of hydrogen-bond donors (Lipinski definition) is 1. The first-order chi connectivity index (χ1) is 8.11. The molecule has 0 unspecified atom stereocenters. The molecule has 0 saturated heterocycles. The Morgan fingerprint density at radius 2 is 1.88 bits per heavy atom. The zero-order valence-corrected chi connectivity index (χ0v) is 10.2. The first-order valence-corrected chi connectivity index (χ1v) is 5.66. The number of amides is 1. The zero-order chi connectivity index (χ0) is 12.7. The summed E-state index contributed by atoms with van der Waals surface area (Å²) in [6.07, 6.45) is 1.13. The highest BCUT2D eigenvalue weighted by molar-refractivity contribution is 5.72. The van der Waals surface area contributed by atoms with E-state index in [4.69, 9.17) is 4.74 Å². The van der Waals surface area contributed by atoms with Crippen molar-refractivity contribution in [2.75, 3.05) is 6.54 Å². The van der Waals surface area contributed by atoms with Gasteiger partial charge in [-0.3, -0.25) is 9.59 Å². The molecule has 0 aliphatic carbocycles. The summed E-state index contributed by atoms with van der Waals surface area (Å²) in [5.41, 5.74) is 1.09. The van der Waals surface area contributed by atoms with Crippen LogP contribution < -0.4 is 10.1 Å². The molecule has 0 aromatic heterocycles. The Morgan fingerprint density at radius 1 is 1.24 bits per heavy atom. The van der Waals surface area contributed by atoms with Gasteiger partial charge in [0.2, 0.25) is 5.91 Å². The van der Waals surface area contributed by atoms with Gasteiger partial charge in [-0.25, -0.2) is 0 Å². The molecule has 0 spiro atoms. The van der Waals surface area contributed by atoms with Crippen LogP contribution in [0.25, 0.3) is 0 Å². The maximum absolute atomic E-state index is 11.0. The topological polar surface area (TPSA) is 55.4 Å². The fourth-order valence-corrected chi connectivity index (χ4v) is 1.31. The molecule has 1 aromatic carbocycles. The molecule has 92 valence electrons. The van der Waals surface area contributed by atoms with E-state index in [9.17, 15) is 9.59 Å². The van der Waals surface area contributed by atoms with Gasteiger partial charge < -0.3 is 10.1 Å². The second-order valence-electron chi connectivity index (χ2n) is 3.70. The van der Waals surface area contributed by atoms with Crippen LogP contribution in [0.2, 0.25) is 0 Å². The molecule has 1 amide bonds. The molecule has 1 aromatic rings. The van der Waals surface area contributed by atoms with Crippen LogP contribution in [0.3, 0.4) is 0 Å². The van der Waals surface area contributed by atoms with Crippen molar-refractivity contribution in [3.05, 3.63) is 29.8 Å². The molecule has 0 atom stereocenters. The third-order valence-corrected chi connectivity index (χ3v) is 2.23. The van der Waals surface area contributed by atoms with Gasteiger partial charge in [0.25, 0.3) is 0 Å². The van der Waals surface area contributed by atoms with Crippen LogP contribution in [-0.4, -0.2) is 18.4 Å². The van der Waals surface area contributed by atoms with Gasteiger partial charge in [-0.05, 0) is 24.1 Å². The summed E-state index contributed by atoms with van der Waals surface area (Å²) in [5, 5.41) is 2.73. The summed E-state index contributed by atoms with van der Waals surface area (Å²) in [6.45, 7) is 3.86. The third kappa shape index (κ3) is 5.15. The number of esters is 1. The molecule has 0 bridgehead atoms. The largest absolute Gasteiger partial charge is 0.427 e. The second-order valence-corrected chi connectivity index (χ2v) is 3.70. The summed E-state index contributed by atoms with van der Waals surface area (Å²) in [4.78, 5) is 21.7. The predicted molar refractivity (Wildman–Crippen MR) is 64.8 cm³/mol. The Balaban J connectivity index is 2.44. The minimum absolute atomic E-state index is 0.0292. The van der Waals surface area contributed by atoms with Gasteiger partial charge in [0, 0.05) is 19.9 Å². The highest BCUT2D eigenvalue weighted by Gasteiger charge is 2.01. The van der Waals surface area contributed by atoms with Crippen molar-refractivity contribution in [1.29, 1.82) is 0 Å². The third-order valence-electron chi connectivity index (χ3n) is 2.23. The van der Waals surface area contributed by atoms with Crippen molar-refractivity contribution >= 4 is 11.9 Å². The van der Waals surface area contributed by atoms with Crippen LogP contribution in [0.1, 0.15) is 25.8 Å². The molecule has 0 radical (unpaired) electrons. The molecule has 0 aliphatic rings. The van der Waals surface area contributed by atoms with Crippen molar-refractivity contribution in [3.63, 3.8) is 0 Å². The Bertz CT molecular complexity index is 384. The van der Waals surface area contributed by atoms with E-state index in [1.54, 1.807) is 19.1 Å². The van der Waals surface area contributed by atoms with Gasteiger partial charge in [0.15, 0.2) is 0 Å². The average Bonchev–Trinajstić information content (AvgIpc) is 2.31. The van der Waals surface area contributed by atoms with Gasteiger partial charge in [0.05, 0.1) is 0 Å². The van der Waals surface area contributed by atoms with E-state index in [0.717, 1.165) is 12.0 Å². The smallest absolute Gasteiger partial charge is 0.310 e. The molecule has 17 heavy (non-hydrogen) atoms. The average molecular weight is 235 g/mol. The quantitative estimate of drug-likeness (QED) is 0.624. The Kier molecular flexibility index (Phi) is 5.20. The lowest BCUT2D eigenvalue weighted by molar-refractivity contribution is -0.134. The molecule has 0 heterocycles. The molecule has 4 nitrogen and oxygen atoms in total. The van der Waals surface area contributed by atoms with E-state index in [0.29, 0.717) is 18.7 Å². The predicted octanol–water partition coefficient (Wildman–Crippen LogP) is 1.68. The lowest BCUT2D eigenvalue weighted by atomic mass is 10.1. The number of benzene rings is 1. The lowest BCUT2D eigenvalue weighted by Gasteiger charge is -2.05. The monoisotopic (exact) mass is 235 g/mol. The standard InChI is InChI=1S/C13H17NO3/c1-3-13(16)17-12-6-4-11(5-7-12)8-9-14-10(2)15/h4-7H,3,8-9H2,1-2H3,(H,14,15). The van der Waals surface area contributed by atoms with E-state index in [2.05, 4.69) is 5.32 Å². The fourth-order valence-electron chi connectivity index (χ4n) is 1.31. The van der Waals surface area contributed by atoms with E-state index in [-0.39, 0.29) is 11.9 Å². The maximum Gasteiger partial charge on any atom is 0.310 e. The summed E-state index contributed by atoms with van der Waals surface area (Å²) in [7, 11) is 0. The number of nitrogens with one attached hydrogen (secondary N) is 1. The van der Waals surface area contributed by atoms with Crippen molar-refractivity contribution in [2.45, 2.75) is 26.7 Å². The molecule has 0 aliphatic heterocycles. The van der Waals surface area contributed by atoms with E-state index >= 15 is 0 Å². The van der Waals surface area contributed by atoms with Crippen molar-refractivity contribution in [1.82, 2.24) is 5.32 Å². The number of carbonyl (C=O) groups is 2. The molecule has 4 heteroatoms. The summed E-state index contributed by atoms with van der Waals surface area (Å²) in [6, 6.07) is 7.30. The van der Waals surface area contributed by atoms with Crippen LogP contribution in [0.5, 0.6) is 5.75 Å². The molecular weight excluding hydrogens is 218 g/mol. The Labute approximate surface area is 101 Å². The van der Waals surface area contributed by atoms with Crippen molar-refractivity contribution in [2.24, 2.45) is 0 Å². The van der Waals surface area contributed by atoms with Gasteiger partial charge in [-0.1, -0.05) is 19.1 Å². The first-order valence-electron chi connectivity index (χ1n) is 5.66. The van der Waals surface area contributed by atoms with Gasteiger partial charge in [0.1, 0.15) is 5.75 Å². The normalized spacial score (nSPS) is 9.76. The summed E-state index contributed by atoms with van der Waals surface area (Å²) < 4.78 is 5.05. The van der Waals surface area contributed by atoms with E-state index in [1.807, 2.05) is 12.1 Å². The molecule has 0 saturated carbocycles. The highest BCUT2D eigenvalue weighted by Crippen LogP contribution is 2.13. The summed E-state index contributed by atoms with van der Waals surface area (Å²) >= 11 is 0. The zero-order valence-electron chi connectivity index (χ0n) is 10.2.